The molecular weight excluding hydrogens is 419 g/mol. The molecule has 0 saturated heterocycles. The van der Waals surface area contributed by atoms with Crippen molar-refractivity contribution in [1.29, 1.82) is 0 Å². The van der Waals surface area contributed by atoms with E-state index in [4.69, 9.17) is 11.6 Å². The second-order valence-electron chi connectivity index (χ2n) is 7.21. The molecule has 0 aromatic heterocycles. The van der Waals surface area contributed by atoms with Crippen LogP contribution in [-0.4, -0.2) is 35.6 Å². The summed E-state index contributed by atoms with van der Waals surface area (Å²) < 4.78 is 26.9. The Morgan fingerprint density at radius 2 is 1.60 bits per heavy atom. The van der Waals surface area contributed by atoms with Gasteiger partial charge in [0, 0.05) is 6.07 Å². The van der Waals surface area contributed by atoms with Gasteiger partial charge in [-0.05, 0) is 73.6 Å². The summed E-state index contributed by atoms with van der Waals surface area (Å²) in [5.74, 6) is -0.453. The normalized spacial score (nSPS) is 12.5. The molecule has 0 aliphatic carbocycles. The lowest BCUT2D eigenvalue weighted by Gasteiger charge is -2.21. The molecule has 0 saturated carbocycles. The second-order valence-corrected chi connectivity index (χ2v) is 9.06. The molecule has 1 atom stereocenters. The average Bonchev–Trinajstić information content (AvgIpc) is 2.77. The summed E-state index contributed by atoms with van der Waals surface area (Å²) >= 11 is 4.87. The largest absolute Gasteiger partial charge is 0.305 e. The Labute approximate surface area is 186 Å². The third-order valence-corrected chi connectivity index (χ3v) is 7.09. The van der Waals surface area contributed by atoms with Crippen LogP contribution < -0.4 is 4.31 Å². The zero-order chi connectivity index (χ0) is 21.5. The number of fused-ring (bicyclic) bond motifs is 1. The van der Waals surface area contributed by atoms with Gasteiger partial charge >= 0.3 is 11.4 Å². The Morgan fingerprint density at radius 1 is 0.900 bits per heavy atom. The highest BCUT2D eigenvalue weighted by molar-refractivity contribution is 7.93. The van der Waals surface area contributed by atoms with Gasteiger partial charge in [0.1, 0.15) is 5.82 Å². The van der Waals surface area contributed by atoms with E-state index >= 15 is 0 Å². The van der Waals surface area contributed by atoms with E-state index in [1.54, 1.807) is 12.1 Å². The Kier molecular flexibility index (Phi) is 8.40. The maximum atomic E-state index is 13.7. The number of halogens is 2. The Morgan fingerprint density at radius 3 is 2.30 bits per heavy atom. The monoisotopic (exact) mass is 447 g/mol. The summed E-state index contributed by atoms with van der Waals surface area (Å²) in [6, 6.07) is 18.7. The molecule has 0 bridgehead atoms. The van der Waals surface area contributed by atoms with Crippen molar-refractivity contribution in [2.45, 2.75) is 31.6 Å². The lowest BCUT2D eigenvalue weighted by Crippen LogP contribution is -2.32. The number of anilines is 1. The van der Waals surface area contributed by atoms with Crippen molar-refractivity contribution in [2.24, 2.45) is 0 Å². The smallest absolute Gasteiger partial charge is 0.304 e. The molecule has 0 spiro atoms. The Balaban J connectivity index is 1.82. The highest BCUT2D eigenvalue weighted by Crippen LogP contribution is 2.29. The van der Waals surface area contributed by atoms with Gasteiger partial charge in [-0.3, -0.25) is 0 Å². The first kappa shape index (κ1) is 22.9. The summed E-state index contributed by atoms with van der Waals surface area (Å²) in [5.41, 5.74) is 0.725. The van der Waals surface area contributed by atoms with Crippen molar-refractivity contribution >= 4 is 39.4 Å². The van der Waals surface area contributed by atoms with E-state index in [-0.39, 0.29) is 5.02 Å². The van der Waals surface area contributed by atoms with Gasteiger partial charge in [-0.15, -0.1) is 0 Å². The topological polar surface area (TPSA) is 26.7 Å². The molecule has 160 valence electrons. The van der Waals surface area contributed by atoms with Gasteiger partial charge < -0.3 is 4.90 Å². The molecule has 0 radical (unpaired) electrons. The molecule has 3 aromatic carbocycles. The SMILES string of the molecule is CCN(CC)CCCCN(c1ccc(F)c(Cl)c1)[S+](O)c1ccc2ccccc2c1. The molecule has 3 rings (SSSR count). The molecule has 0 aliphatic heterocycles. The third kappa shape index (κ3) is 5.67. The molecule has 3 nitrogen and oxygen atoms in total. The van der Waals surface area contributed by atoms with Crippen LogP contribution in [0.4, 0.5) is 10.1 Å². The van der Waals surface area contributed by atoms with E-state index in [2.05, 4.69) is 24.8 Å². The van der Waals surface area contributed by atoms with E-state index in [1.165, 1.54) is 6.07 Å². The van der Waals surface area contributed by atoms with Crippen molar-refractivity contribution in [1.82, 2.24) is 4.90 Å². The highest BCUT2D eigenvalue weighted by Gasteiger charge is 2.31. The minimum atomic E-state index is -1.17. The summed E-state index contributed by atoms with van der Waals surface area (Å²) in [7, 11) is 0. The Hall–Kier alpha value is -1.79. The molecule has 1 unspecified atom stereocenters. The quantitative estimate of drug-likeness (QED) is 0.279. The predicted octanol–water partition coefficient (Wildman–Crippen LogP) is 6.63. The van der Waals surface area contributed by atoms with Gasteiger partial charge in [-0.2, -0.15) is 8.86 Å². The molecule has 0 amide bonds. The number of rotatable bonds is 10. The zero-order valence-corrected chi connectivity index (χ0v) is 19.1. The molecular formula is C24H29ClFN2OS+. The van der Waals surface area contributed by atoms with Crippen LogP contribution in [0.5, 0.6) is 0 Å². The van der Waals surface area contributed by atoms with Crippen molar-refractivity contribution in [3.05, 3.63) is 71.5 Å². The molecule has 0 heterocycles. The van der Waals surface area contributed by atoms with E-state index < -0.39 is 17.2 Å². The molecule has 6 heteroatoms. The van der Waals surface area contributed by atoms with Gasteiger partial charge in [0.25, 0.3) is 0 Å². The molecule has 3 aromatic rings. The van der Waals surface area contributed by atoms with Crippen LogP contribution in [0, 0.1) is 5.82 Å². The van der Waals surface area contributed by atoms with Crippen LogP contribution in [0.3, 0.4) is 0 Å². The fourth-order valence-electron chi connectivity index (χ4n) is 3.49. The van der Waals surface area contributed by atoms with Crippen molar-refractivity contribution in [2.75, 3.05) is 30.5 Å². The number of hydrogen-bond donors (Lipinski definition) is 1. The maximum Gasteiger partial charge on any atom is 0.305 e. The van der Waals surface area contributed by atoms with Crippen molar-refractivity contribution in [3.8, 4) is 0 Å². The zero-order valence-electron chi connectivity index (χ0n) is 17.5. The van der Waals surface area contributed by atoms with Gasteiger partial charge in [0.2, 0.25) is 4.90 Å². The first-order chi connectivity index (χ1) is 14.5. The maximum absolute atomic E-state index is 13.7. The van der Waals surface area contributed by atoms with Gasteiger partial charge in [-0.1, -0.05) is 49.7 Å². The van der Waals surface area contributed by atoms with E-state index in [0.29, 0.717) is 6.54 Å². The molecule has 0 fully saturated rings. The predicted molar refractivity (Wildman–Crippen MR) is 128 cm³/mol. The Bertz CT molecular complexity index is 967. The minimum absolute atomic E-state index is 0.0659. The van der Waals surface area contributed by atoms with Gasteiger partial charge in [-0.25, -0.2) is 4.39 Å². The van der Waals surface area contributed by atoms with Crippen LogP contribution in [0.25, 0.3) is 10.8 Å². The fourth-order valence-corrected chi connectivity index (χ4v) is 4.96. The minimum Gasteiger partial charge on any atom is -0.304 e. The molecule has 30 heavy (non-hydrogen) atoms. The van der Waals surface area contributed by atoms with Crippen LogP contribution >= 0.6 is 11.6 Å². The highest BCUT2D eigenvalue weighted by atomic mass is 35.5. The first-order valence-corrected chi connectivity index (χ1v) is 11.9. The fraction of sp³-hybridized carbons (Fsp3) is 0.333. The van der Waals surface area contributed by atoms with Crippen LogP contribution in [0.15, 0.2) is 65.6 Å². The van der Waals surface area contributed by atoms with Crippen molar-refractivity contribution < 1.29 is 8.94 Å². The van der Waals surface area contributed by atoms with Gasteiger partial charge in [0.05, 0.1) is 17.3 Å². The number of benzene rings is 3. The summed E-state index contributed by atoms with van der Waals surface area (Å²) in [4.78, 5) is 3.22. The molecule has 0 aliphatic rings. The summed E-state index contributed by atoms with van der Waals surface area (Å²) in [6.45, 7) is 8.10. The van der Waals surface area contributed by atoms with Gasteiger partial charge in [0.15, 0.2) is 0 Å². The average molecular weight is 448 g/mol. The second kappa shape index (κ2) is 11.0. The van der Waals surface area contributed by atoms with Crippen LogP contribution in [0.1, 0.15) is 26.7 Å². The number of unbranched alkanes of at least 4 members (excludes halogenated alkanes) is 1. The van der Waals surface area contributed by atoms with Crippen LogP contribution in [0.2, 0.25) is 5.02 Å². The lowest BCUT2D eigenvalue weighted by atomic mass is 10.1. The van der Waals surface area contributed by atoms with E-state index in [1.807, 2.05) is 40.7 Å². The third-order valence-electron chi connectivity index (χ3n) is 5.31. The van der Waals surface area contributed by atoms with Crippen molar-refractivity contribution in [3.63, 3.8) is 0 Å². The summed E-state index contributed by atoms with van der Waals surface area (Å²) in [5, 5.41) is 2.28. The van der Waals surface area contributed by atoms with E-state index in [0.717, 1.165) is 53.8 Å². The first-order valence-electron chi connectivity index (χ1n) is 10.4. The summed E-state index contributed by atoms with van der Waals surface area (Å²) in [6.07, 6.45) is 1.95. The van der Waals surface area contributed by atoms with Crippen LogP contribution in [-0.2, 0) is 11.4 Å². The lowest BCUT2D eigenvalue weighted by molar-refractivity contribution is 0.298. The number of hydrogen-bond acceptors (Lipinski definition) is 3. The molecule has 1 N–H and O–H groups in total. The number of nitrogens with zero attached hydrogens (tertiary/aromatic N) is 2. The van der Waals surface area contributed by atoms with E-state index in [9.17, 15) is 8.94 Å². The standard InChI is InChI=1S/C24H29ClFN2OS/c1-3-27(4-2)15-7-8-16-28(21-12-14-24(26)23(25)18-21)30(29)22-13-11-19-9-5-6-10-20(19)17-22/h5-6,9-14,17-18,29H,3-4,7-8,15-16H2,1-2H3/q+1.